The van der Waals surface area contributed by atoms with Gasteiger partial charge in [0.25, 0.3) is 0 Å². The third kappa shape index (κ3) is 7.16. The van der Waals surface area contributed by atoms with E-state index in [1.165, 1.54) is 32.1 Å². The van der Waals surface area contributed by atoms with Gasteiger partial charge >= 0.3 is 0 Å². The van der Waals surface area contributed by atoms with E-state index >= 15 is 0 Å². The van der Waals surface area contributed by atoms with Crippen LogP contribution in [0.15, 0.2) is 24.3 Å². The van der Waals surface area contributed by atoms with E-state index in [0.717, 1.165) is 0 Å². The molecule has 0 amide bonds. The van der Waals surface area contributed by atoms with Gasteiger partial charge < -0.3 is 25.2 Å². The van der Waals surface area contributed by atoms with Gasteiger partial charge in [-0.05, 0) is 42.9 Å². The molecule has 1 unspecified atom stereocenters. The molecule has 1 aromatic rings. The summed E-state index contributed by atoms with van der Waals surface area (Å²) in [7, 11) is 15.7. The molecule has 0 aliphatic heterocycles. The topological polar surface area (TPSA) is 93.4 Å². The van der Waals surface area contributed by atoms with Crippen LogP contribution in [-0.2, 0) is 0 Å². The van der Waals surface area contributed by atoms with E-state index < -0.39 is 17.4 Å². The summed E-state index contributed by atoms with van der Waals surface area (Å²) in [6.45, 7) is 0.396. The Balaban J connectivity index is 1.92. The van der Waals surface area contributed by atoms with Crippen LogP contribution in [0.5, 0.6) is 5.75 Å². The normalized spacial score (nSPS) is 17.8. The highest BCUT2D eigenvalue weighted by Gasteiger charge is 2.35. The lowest BCUT2D eigenvalue weighted by Gasteiger charge is -2.43. The zero-order chi connectivity index (χ0) is 20.1. The van der Waals surface area contributed by atoms with Crippen LogP contribution in [0.3, 0.4) is 0 Å². The van der Waals surface area contributed by atoms with Gasteiger partial charge in [-0.25, -0.2) is 0 Å². The second-order valence-electron chi connectivity index (χ2n) is 7.31. The molecule has 0 aromatic heterocycles. The van der Waals surface area contributed by atoms with Gasteiger partial charge in [0.15, 0.2) is 13.7 Å². The average molecular weight is 369 g/mol. The van der Waals surface area contributed by atoms with Gasteiger partial charge in [0.1, 0.15) is 21.4 Å². The van der Waals surface area contributed by atoms with Crippen LogP contribution in [0.25, 0.3) is 0 Å². The minimum atomic E-state index is -2.93. The Kier molecular flexibility index (Phi) is 7.83. The first-order valence-corrected chi connectivity index (χ1v) is 9.29. The number of hydrogen-bond acceptors (Lipinski definition) is 6. The fourth-order valence-corrected chi connectivity index (χ4v) is 3.40. The second kappa shape index (κ2) is 9.48. The Morgan fingerprint density at radius 2 is 1.78 bits per heavy atom. The van der Waals surface area contributed by atoms with Crippen LogP contribution in [-0.4, -0.2) is 73.4 Å². The fourth-order valence-electron chi connectivity index (χ4n) is 3.40. The van der Waals surface area contributed by atoms with Crippen molar-refractivity contribution >= 4 is 23.5 Å². The summed E-state index contributed by atoms with van der Waals surface area (Å²) in [5, 5.41) is 39.0. The van der Waals surface area contributed by atoms with Crippen molar-refractivity contribution < 1.29 is 25.2 Å². The van der Waals surface area contributed by atoms with E-state index in [2.05, 4.69) is 0 Å². The Morgan fingerprint density at radius 1 is 1.11 bits per heavy atom. The maximum Gasteiger partial charge on any atom is 0.178 e. The van der Waals surface area contributed by atoms with Gasteiger partial charge in [0.05, 0.1) is 12.7 Å². The molecule has 6 radical (unpaired) electrons. The summed E-state index contributed by atoms with van der Waals surface area (Å²) in [5.74, 6) is -1.69. The summed E-state index contributed by atoms with van der Waals surface area (Å²) in [6, 6.07) is 7.08. The minimum absolute atomic E-state index is 0.00284. The lowest BCUT2D eigenvalue weighted by molar-refractivity contribution is -0.236. The lowest BCUT2D eigenvalue weighted by atomic mass is 9.70. The SMILES string of the molecule is [B]C([B])(O)N(CCC(O)c1cccc(OCC2CCCCC2)c1)C([B])(O)O. The van der Waals surface area contributed by atoms with Gasteiger partial charge in [0.2, 0.25) is 0 Å². The van der Waals surface area contributed by atoms with Gasteiger partial charge in [0, 0.05) is 12.1 Å². The van der Waals surface area contributed by atoms with E-state index in [9.17, 15) is 20.4 Å². The van der Waals surface area contributed by atoms with Crippen LogP contribution >= 0.6 is 0 Å². The lowest BCUT2D eigenvalue weighted by Crippen LogP contribution is -2.62. The predicted octanol–water partition coefficient (Wildman–Crippen LogP) is 0.0762. The van der Waals surface area contributed by atoms with Crippen LogP contribution in [0.1, 0.15) is 50.2 Å². The van der Waals surface area contributed by atoms with E-state index in [1.54, 1.807) is 18.2 Å². The quantitative estimate of drug-likeness (QED) is 0.364. The molecule has 1 fully saturated rings. The number of aliphatic hydroxyl groups is 4. The zero-order valence-electron chi connectivity index (χ0n) is 15.5. The van der Waals surface area contributed by atoms with Crippen molar-refractivity contribution in [3.05, 3.63) is 29.8 Å². The largest absolute Gasteiger partial charge is 0.493 e. The van der Waals surface area contributed by atoms with Crippen LogP contribution in [0, 0.1) is 5.92 Å². The average Bonchev–Trinajstić information content (AvgIpc) is 2.59. The van der Waals surface area contributed by atoms with E-state index in [-0.39, 0.29) is 13.0 Å². The molecule has 27 heavy (non-hydrogen) atoms. The Bertz CT molecular complexity index is 571. The Morgan fingerprint density at radius 3 is 2.37 bits per heavy atom. The Hall–Kier alpha value is -0.985. The fraction of sp³-hybridized carbons (Fsp3) is 0.667. The number of ether oxygens (including phenoxy) is 1. The van der Waals surface area contributed by atoms with Crippen molar-refractivity contribution in [3.63, 3.8) is 0 Å². The summed E-state index contributed by atoms with van der Waals surface area (Å²) in [4.78, 5) is 0.465. The molecule has 4 N–H and O–H groups in total. The van der Waals surface area contributed by atoms with Gasteiger partial charge in [-0.3, -0.25) is 4.90 Å². The number of benzene rings is 1. The maximum absolute atomic E-state index is 10.4. The molecule has 9 heteroatoms. The third-order valence-corrected chi connectivity index (χ3v) is 4.91. The molecule has 1 saturated carbocycles. The number of rotatable bonds is 9. The number of hydrogen-bond donors (Lipinski definition) is 4. The zero-order valence-corrected chi connectivity index (χ0v) is 15.5. The third-order valence-electron chi connectivity index (χ3n) is 4.91. The molecule has 0 spiro atoms. The molecule has 1 aromatic carbocycles. The molecular weight excluding hydrogens is 343 g/mol. The first-order valence-electron chi connectivity index (χ1n) is 9.29. The van der Waals surface area contributed by atoms with Crippen molar-refractivity contribution in [2.75, 3.05) is 13.2 Å². The molecule has 0 heterocycles. The number of nitrogens with zero attached hydrogens (tertiary/aromatic N) is 1. The first kappa shape index (κ1) is 22.3. The summed E-state index contributed by atoms with van der Waals surface area (Å²) < 4.78 is 5.87. The van der Waals surface area contributed by atoms with Crippen molar-refractivity contribution in [3.8, 4) is 5.75 Å². The second-order valence-corrected chi connectivity index (χ2v) is 7.31. The molecular formula is C18H26B3NO5. The van der Waals surface area contributed by atoms with Gasteiger partial charge in [-0.1, -0.05) is 31.4 Å². The van der Waals surface area contributed by atoms with Crippen molar-refractivity contribution in [2.45, 2.75) is 56.0 Å². The standard InChI is InChI=1S/C18H26B3NO5/c19-17(20,24)22(18(21,25)26)10-9-16(23)14-7-4-8-15(11-14)27-12-13-5-2-1-3-6-13/h4,7-8,11,13,16,23-26H,1-3,5-6,9-10,12H2. The van der Waals surface area contributed by atoms with E-state index in [0.29, 0.717) is 28.7 Å². The molecule has 1 aliphatic carbocycles. The molecule has 6 nitrogen and oxygen atoms in total. The summed E-state index contributed by atoms with van der Waals surface area (Å²) >= 11 is 0. The summed E-state index contributed by atoms with van der Waals surface area (Å²) in [6.07, 6.45) is 5.19. The minimum Gasteiger partial charge on any atom is -0.493 e. The van der Waals surface area contributed by atoms with Gasteiger partial charge in [-0.2, -0.15) is 0 Å². The van der Waals surface area contributed by atoms with Crippen molar-refractivity contribution in [2.24, 2.45) is 5.92 Å². The van der Waals surface area contributed by atoms with Crippen molar-refractivity contribution in [1.82, 2.24) is 4.90 Å². The molecule has 1 aliphatic rings. The highest BCUT2D eigenvalue weighted by Crippen LogP contribution is 2.27. The molecule has 1 atom stereocenters. The van der Waals surface area contributed by atoms with Gasteiger partial charge in [-0.15, -0.1) is 0 Å². The molecule has 0 bridgehead atoms. The Labute approximate surface area is 164 Å². The number of aliphatic hydroxyl groups excluding tert-OH is 1. The maximum atomic E-state index is 10.4. The van der Waals surface area contributed by atoms with E-state index in [1.807, 2.05) is 6.07 Å². The predicted molar refractivity (Wildman–Crippen MR) is 104 cm³/mol. The molecule has 0 saturated heterocycles. The summed E-state index contributed by atoms with van der Waals surface area (Å²) in [5.41, 5.74) is -1.96. The molecule has 142 valence electrons. The van der Waals surface area contributed by atoms with Crippen molar-refractivity contribution in [1.29, 1.82) is 0 Å². The first-order chi connectivity index (χ1) is 12.6. The highest BCUT2D eigenvalue weighted by atomic mass is 16.5. The van der Waals surface area contributed by atoms with Crippen LogP contribution < -0.4 is 4.74 Å². The molecule has 2 rings (SSSR count). The van der Waals surface area contributed by atoms with Crippen LogP contribution in [0.2, 0.25) is 0 Å². The highest BCUT2D eigenvalue weighted by molar-refractivity contribution is 6.38. The smallest absolute Gasteiger partial charge is 0.178 e. The van der Waals surface area contributed by atoms with E-state index in [4.69, 9.17) is 28.3 Å². The monoisotopic (exact) mass is 369 g/mol. The van der Waals surface area contributed by atoms with Crippen LogP contribution in [0.4, 0.5) is 0 Å².